The molecule has 0 radical (unpaired) electrons. The van der Waals surface area contributed by atoms with Crippen molar-refractivity contribution < 1.29 is 22.7 Å². The Labute approximate surface area is 199 Å². The van der Waals surface area contributed by atoms with Crippen molar-refractivity contribution in [1.82, 2.24) is 0 Å². The van der Waals surface area contributed by atoms with Gasteiger partial charge in [0.05, 0.1) is 12.8 Å². The number of rotatable bonds is 8. The standard InChI is InChI=1S/C25H27N3O5S/c1-17-7-5-10-22(13-17)28(34(31,32)24-14-18(2)11-12-23(24)33-4)16-25(30)27-21-9-6-8-20(15-21)26-19(3)29/h5-15H,16H2,1-4H3,(H,26,29)(H,27,30). The minimum atomic E-state index is -4.16. The van der Waals surface area contributed by atoms with Gasteiger partial charge in [0.1, 0.15) is 17.2 Å². The van der Waals surface area contributed by atoms with Crippen molar-refractivity contribution in [2.45, 2.75) is 25.7 Å². The maximum atomic E-state index is 13.8. The van der Waals surface area contributed by atoms with E-state index in [4.69, 9.17) is 4.74 Å². The molecule has 0 saturated carbocycles. The molecule has 9 heteroatoms. The van der Waals surface area contributed by atoms with Gasteiger partial charge in [0.15, 0.2) is 0 Å². The van der Waals surface area contributed by atoms with Crippen LogP contribution >= 0.6 is 0 Å². The number of benzene rings is 3. The van der Waals surface area contributed by atoms with Crippen LogP contribution in [0.1, 0.15) is 18.1 Å². The molecule has 178 valence electrons. The Morgan fingerprint density at radius 3 is 2.18 bits per heavy atom. The summed E-state index contributed by atoms with van der Waals surface area (Å²) in [6.07, 6.45) is 0. The van der Waals surface area contributed by atoms with Gasteiger partial charge in [0, 0.05) is 18.3 Å². The molecule has 2 amide bonds. The van der Waals surface area contributed by atoms with Crippen molar-refractivity contribution >= 4 is 38.9 Å². The van der Waals surface area contributed by atoms with Crippen molar-refractivity contribution in [2.75, 3.05) is 28.6 Å². The summed E-state index contributed by atoms with van der Waals surface area (Å²) in [5, 5.41) is 5.35. The van der Waals surface area contributed by atoms with Crippen LogP contribution in [0.2, 0.25) is 0 Å². The molecule has 0 fully saturated rings. The summed E-state index contributed by atoms with van der Waals surface area (Å²) in [6.45, 7) is 4.54. The van der Waals surface area contributed by atoms with E-state index in [0.717, 1.165) is 15.4 Å². The van der Waals surface area contributed by atoms with E-state index in [1.54, 1.807) is 61.5 Å². The summed E-state index contributed by atoms with van der Waals surface area (Å²) >= 11 is 0. The van der Waals surface area contributed by atoms with E-state index < -0.39 is 22.5 Å². The van der Waals surface area contributed by atoms with Crippen molar-refractivity contribution in [3.05, 3.63) is 77.9 Å². The Kier molecular flexibility index (Phi) is 7.57. The van der Waals surface area contributed by atoms with Gasteiger partial charge in [-0.1, -0.05) is 24.3 Å². The smallest absolute Gasteiger partial charge is 0.268 e. The molecule has 0 atom stereocenters. The number of hydrogen-bond acceptors (Lipinski definition) is 5. The third kappa shape index (κ3) is 5.93. The van der Waals surface area contributed by atoms with Crippen molar-refractivity contribution in [3.8, 4) is 5.75 Å². The van der Waals surface area contributed by atoms with Crippen LogP contribution in [-0.2, 0) is 19.6 Å². The fourth-order valence-electron chi connectivity index (χ4n) is 3.41. The predicted molar refractivity (Wildman–Crippen MR) is 133 cm³/mol. The fraction of sp³-hybridized carbons (Fsp3) is 0.200. The van der Waals surface area contributed by atoms with Gasteiger partial charge in [-0.3, -0.25) is 13.9 Å². The second-order valence-electron chi connectivity index (χ2n) is 7.82. The van der Waals surface area contributed by atoms with Crippen LogP contribution in [0.3, 0.4) is 0 Å². The van der Waals surface area contributed by atoms with Gasteiger partial charge in [-0.15, -0.1) is 0 Å². The summed E-state index contributed by atoms with van der Waals surface area (Å²) in [6, 6.07) is 18.4. The maximum Gasteiger partial charge on any atom is 0.268 e. The molecule has 0 bridgehead atoms. The number of methoxy groups -OCH3 is 1. The fourth-order valence-corrected chi connectivity index (χ4v) is 5.07. The average Bonchev–Trinajstić information content (AvgIpc) is 2.77. The molecular weight excluding hydrogens is 454 g/mol. The van der Waals surface area contributed by atoms with Gasteiger partial charge in [-0.25, -0.2) is 8.42 Å². The van der Waals surface area contributed by atoms with Gasteiger partial charge in [-0.05, 0) is 67.4 Å². The Hall–Kier alpha value is -3.85. The zero-order valence-electron chi connectivity index (χ0n) is 19.5. The van der Waals surface area contributed by atoms with Gasteiger partial charge in [-0.2, -0.15) is 0 Å². The number of ether oxygens (including phenoxy) is 1. The summed E-state index contributed by atoms with van der Waals surface area (Å²) in [4.78, 5) is 24.3. The predicted octanol–water partition coefficient (Wildman–Crippen LogP) is 4.10. The number of hydrogen-bond donors (Lipinski definition) is 2. The second kappa shape index (κ2) is 10.4. The Bertz CT molecular complexity index is 1320. The third-order valence-corrected chi connectivity index (χ3v) is 6.73. The first-order valence-corrected chi connectivity index (χ1v) is 12.0. The van der Waals surface area contributed by atoms with Gasteiger partial charge in [0.25, 0.3) is 10.0 Å². The first kappa shape index (κ1) is 24.8. The van der Waals surface area contributed by atoms with E-state index in [9.17, 15) is 18.0 Å². The zero-order chi connectivity index (χ0) is 24.9. The maximum absolute atomic E-state index is 13.8. The number of anilines is 3. The number of amides is 2. The first-order valence-electron chi connectivity index (χ1n) is 10.5. The van der Waals surface area contributed by atoms with E-state index in [-0.39, 0.29) is 16.6 Å². The highest BCUT2D eigenvalue weighted by molar-refractivity contribution is 7.93. The van der Waals surface area contributed by atoms with E-state index >= 15 is 0 Å². The number of nitrogens with zero attached hydrogens (tertiary/aromatic N) is 1. The summed E-state index contributed by atoms with van der Waals surface area (Å²) < 4.78 is 33.9. The lowest BCUT2D eigenvalue weighted by Crippen LogP contribution is -2.38. The Morgan fingerprint density at radius 2 is 1.53 bits per heavy atom. The lowest BCUT2D eigenvalue weighted by Gasteiger charge is -2.25. The van der Waals surface area contributed by atoms with Gasteiger partial charge in [0.2, 0.25) is 11.8 Å². The highest BCUT2D eigenvalue weighted by atomic mass is 32.2. The molecule has 0 aliphatic heterocycles. The molecule has 0 aliphatic rings. The summed E-state index contributed by atoms with van der Waals surface area (Å²) in [5.74, 6) is -0.601. The third-order valence-electron chi connectivity index (χ3n) is 4.93. The number of carbonyl (C=O) groups excluding carboxylic acids is 2. The number of aryl methyl sites for hydroxylation is 2. The second-order valence-corrected chi connectivity index (χ2v) is 9.65. The lowest BCUT2D eigenvalue weighted by atomic mass is 10.2. The van der Waals surface area contributed by atoms with Crippen LogP contribution < -0.4 is 19.7 Å². The molecule has 3 aromatic carbocycles. The van der Waals surface area contributed by atoms with Crippen LogP contribution in [0.25, 0.3) is 0 Å². The van der Waals surface area contributed by atoms with Crippen molar-refractivity contribution in [1.29, 1.82) is 0 Å². The van der Waals surface area contributed by atoms with Gasteiger partial charge < -0.3 is 15.4 Å². The summed E-state index contributed by atoms with van der Waals surface area (Å²) in [7, 11) is -2.76. The van der Waals surface area contributed by atoms with Crippen molar-refractivity contribution in [2.24, 2.45) is 0 Å². The molecule has 3 rings (SSSR count). The van der Waals surface area contributed by atoms with Crippen LogP contribution in [0.15, 0.2) is 71.6 Å². The van der Waals surface area contributed by atoms with Crippen molar-refractivity contribution in [3.63, 3.8) is 0 Å². The highest BCUT2D eigenvalue weighted by Crippen LogP contribution is 2.31. The number of sulfonamides is 1. The normalized spacial score (nSPS) is 10.9. The first-order chi connectivity index (χ1) is 16.1. The average molecular weight is 482 g/mol. The molecule has 34 heavy (non-hydrogen) atoms. The van der Waals surface area contributed by atoms with Gasteiger partial charge >= 0.3 is 0 Å². The van der Waals surface area contributed by atoms with E-state index in [2.05, 4.69) is 10.6 Å². The quantitative estimate of drug-likeness (QED) is 0.504. The van der Waals surface area contributed by atoms with Crippen LogP contribution in [0.5, 0.6) is 5.75 Å². The molecule has 0 spiro atoms. The topological polar surface area (TPSA) is 105 Å². The van der Waals surface area contributed by atoms with E-state index in [1.807, 2.05) is 13.0 Å². The molecule has 2 N–H and O–H groups in total. The van der Waals surface area contributed by atoms with E-state index in [1.165, 1.54) is 20.1 Å². The molecule has 0 heterocycles. The zero-order valence-corrected chi connectivity index (χ0v) is 20.3. The van der Waals surface area contributed by atoms with E-state index in [0.29, 0.717) is 17.1 Å². The SMILES string of the molecule is COc1ccc(C)cc1S(=O)(=O)N(CC(=O)Nc1cccc(NC(C)=O)c1)c1cccc(C)c1. The molecule has 8 nitrogen and oxygen atoms in total. The largest absolute Gasteiger partial charge is 0.495 e. The van der Waals surface area contributed by atoms with Crippen LogP contribution in [0, 0.1) is 13.8 Å². The lowest BCUT2D eigenvalue weighted by molar-refractivity contribution is -0.115. The van der Waals surface area contributed by atoms with Crippen LogP contribution in [-0.4, -0.2) is 33.9 Å². The number of carbonyl (C=O) groups is 2. The molecule has 0 aromatic heterocycles. The molecular formula is C25H27N3O5S. The highest BCUT2D eigenvalue weighted by Gasteiger charge is 2.30. The minimum Gasteiger partial charge on any atom is -0.495 e. The number of nitrogens with one attached hydrogen (secondary N) is 2. The molecule has 0 saturated heterocycles. The summed E-state index contributed by atoms with van der Waals surface area (Å²) in [5.41, 5.74) is 2.87. The monoisotopic (exact) mass is 481 g/mol. The van der Waals surface area contributed by atoms with Crippen LogP contribution in [0.4, 0.5) is 17.1 Å². The molecule has 0 aliphatic carbocycles. The minimum absolute atomic E-state index is 0.0306. The Balaban J connectivity index is 1.97. The Morgan fingerprint density at radius 1 is 0.882 bits per heavy atom. The molecule has 0 unspecified atom stereocenters. The molecule has 3 aromatic rings.